The van der Waals surface area contributed by atoms with Gasteiger partial charge in [0.05, 0.1) is 11.9 Å². The van der Waals surface area contributed by atoms with E-state index in [1.165, 1.54) is 11.1 Å². The van der Waals surface area contributed by atoms with E-state index < -0.39 is 0 Å². The van der Waals surface area contributed by atoms with Crippen molar-refractivity contribution in [3.8, 4) is 5.75 Å². The fraction of sp³-hybridized carbons (Fsp3) is 0.200. The molecule has 2 aromatic carbocycles. The van der Waals surface area contributed by atoms with Crippen molar-refractivity contribution in [1.82, 2.24) is 0 Å². The molecular weight excluding hydrogens is 436 g/mol. The Labute approximate surface area is 138 Å². The van der Waals surface area contributed by atoms with Crippen LogP contribution in [0.2, 0.25) is 0 Å². The van der Waals surface area contributed by atoms with Gasteiger partial charge in [0.25, 0.3) is 0 Å². The van der Waals surface area contributed by atoms with Crippen LogP contribution in [0.1, 0.15) is 21.5 Å². The summed E-state index contributed by atoms with van der Waals surface area (Å²) in [5.74, 6) is 0.879. The van der Waals surface area contributed by atoms with E-state index in [9.17, 15) is 0 Å². The highest BCUT2D eigenvalue weighted by molar-refractivity contribution is 9.11. The zero-order valence-corrected chi connectivity index (χ0v) is 15.3. The van der Waals surface area contributed by atoms with Gasteiger partial charge in [-0.3, -0.25) is 0 Å². The van der Waals surface area contributed by atoms with Gasteiger partial charge >= 0.3 is 0 Å². The lowest BCUT2D eigenvalue weighted by Gasteiger charge is -2.17. The van der Waals surface area contributed by atoms with Gasteiger partial charge < -0.3 is 4.74 Å². The summed E-state index contributed by atoms with van der Waals surface area (Å²) in [6.45, 7) is 2.11. The van der Waals surface area contributed by atoms with Gasteiger partial charge in [0.15, 0.2) is 0 Å². The van der Waals surface area contributed by atoms with Crippen molar-refractivity contribution in [2.75, 3.05) is 7.11 Å². The number of rotatable bonds is 3. The van der Waals surface area contributed by atoms with Crippen LogP contribution in [0.4, 0.5) is 0 Å². The minimum atomic E-state index is 0.0949. The van der Waals surface area contributed by atoms with E-state index in [1.807, 2.05) is 12.1 Å². The fourth-order valence-electron chi connectivity index (χ4n) is 1.96. The van der Waals surface area contributed by atoms with Crippen molar-refractivity contribution in [1.29, 1.82) is 0 Å². The van der Waals surface area contributed by atoms with Gasteiger partial charge in [0.2, 0.25) is 0 Å². The van der Waals surface area contributed by atoms with Gasteiger partial charge in [-0.2, -0.15) is 0 Å². The van der Waals surface area contributed by atoms with Crippen LogP contribution in [-0.2, 0) is 0 Å². The normalized spacial score (nSPS) is 12.3. The summed E-state index contributed by atoms with van der Waals surface area (Å²) in [5.41, 5.74) is 3.58. The summed E-state index contributed by atoms with van der Waals surface area (Å²) >= 11 is 10.8. The van der Waals surface area contributed by atoms with E-state index in [-0.39, 0.29) is 4.83 Å². The summed E-state index contributed by atoms with van der Waals surface area (Å²) in [6, 6.07) is 12.3. The van der Waals surface area contributed by atoms with Crippen molar-refractivity contribution in [3.05, 3.63) is 62.0 Å². The number of methoxy groups -OCH3 is 1. The third kappa shape index (κ3) is 3.41. The Hall–Kier alpha value is -0.320. The van der Waals surface area contributed by atoms with Crippen molar-refractivity contribution < 1.29 is 4.74 Å². The Kier molecular flexibility index (Phi) is 5.09. The van der Waals surface area contributed by atoms with Crippen molar-refractivity contribution in [3.63, 3.8) is 0 Å². The highest BCUT2D eigenvalue weighted by Crippen LogP contribution is 2.40. The molecule has 0 saturated carbocycles. The standard InChI is InChI=1S/C15H13Br3O/c1-9-3-4-10(16)7-12(9)15(18)13-8-11(17)5-6-14(13)19-2/h3-8,15H,1-2H3. The van der Waals surface area contributed by atoms with E-state index in [2.05, 4.69) is 79.0 Å². The Bertz CT molecular complexity index is 596. The average molecular weight is 449 g/mol. The molecule has 0 aliphatic carbocycles. The summed E-state index contributed by atoms with van der Waals surface area (Å²) in [5, 5.41) is 0. The number of hydrogen-bond donors (Lipinski definition) is 0. The maximum absolute atomic E-state index is 5.45. The van der Waals surface area contributed by atoms with E-state index in [4.69, 9.17) is 4.74 Å². The van der Waals surface area contributed by atoms with Crippen LogP contribution in [0, 0.1) is 6.92 Å². The highest BCUT2D eigenvalue weighted by atomic mass is 79.9. The van der Waals surface area contributed by atoms with Crippen molar-refractivity contribution in [2.45, 2.75) is 11.8 Å². The van der Waals surface area contributed by atoms with Crippen LogP contribution in [0.3, 0.4) is 0 Å². The van der Waals surface area contributed by atoms with Gasteiger partial charge in [-0.15, -0.1) is 0 Å². The molecule has 4 heteroatoms. The monoisotopic (exact) mass is 446 g/mol. The number of alkyl halides is 1. The Morgan fingerprint density at radius 3 is 2.16 bits per heavy atom. The molecule has 2 aromatic rings. The lowest BCUT2D eigenvalue weighted by Crippen LogP contribution is -1.99. The number of benzene rings is 2. The van der Waals surface area contributed by atoms with Crippen molar-refractivity contribution >= 4 is 47.8 Å². The molecule has 0 radical (unpaired) electrons. The third-order valence-electron chi connectivity index (χ3n) is 2.98. The molecule has 0 fully saturated rings. The zero-order chi connectivity index (χ0) is 14.0. The quantitative estimate of drug-likeness (QED) is 0.522. The van der Waals surface area contributed by atoms with Gasteiger partial charge in [0.1, 0.15) is 5.75 Å². The lowest BCUT2D eigenvalue weighted by atomic mass is 10.00. The smallest absolute Gasteiger partial charge is 0.123 e. The Morgan fingerprint density at radius 1 is 0.947 bits per heavy atom. The molecule has 0 saturated heterocycles. The number of hydrogen-bond acceptors (Lipinski definition) is 1. The molecule has 1 atom stereocenters. The predicted molar refractivity (Wildman–Crippen MR) is 90.3 cm³/mol. The summed E-state index contributed by atoms with van der Waals surface area (Å²) < 4.78 is 7.57. The molecular formula is C15H13Br3O. The van der Waals surface area contributed by atoms with Crippen LogP contribution in [0.15, 0.2) is 45.3 Å². The fourth-order valence-corrected chi connectivity index (χ4v) is 3.56. The van der Waals surface area contributed by atoms with Gasteiger partial charge in [0, 0.05) is 14.5 Å². The van der Waals surface area contributed by atoms with Crippen LogP contribution >= 0.6 is 47.8 Å². The first-order valence-corrected chi connectivity index (χ1v) is 8.26. The predicted octanol–water partition coefficient (Wildman–Crippen LogP) is 6.01. The average Bonchev–Trinajstić information content (AvgIpc) is 2.40. The SMILES string of the molecule is COc1ccc(Br)cc1C(Br)c1cc(Br)ccc1C. The van der Waals surface area contributed by atoms with E-state index in [0.717, 1.165) is 20.3 Å². The third-order valence-corrected chi connectivity index (χ3v) is 4.95. The number of halogens is 3. The van der Waals surface area contributed by atoms with E-state index >= 15 is 0 Å². The topological polar surface area (TPSA) is 9.23 Å². The molecule has 19 heavy (non-hydrogen) atoms. The maximum Gasteiger partial charge on any atom is 0.123 e. The highest BCUT2D eigenvalue weighted by Gasteiger charge is 2.17. The molecule has 0 spiro atoms. The summed E-state index contributed by atoms with van der Waals surface area (Å²) in [7, 11) is 1.69. The molecule has 1 unspecified atom stereocenters. The summed E-state index contributed by atoms with van der Waals surface area (Å²) in [4.78, 5) is 0.0949. The van der Waals surface area contributed by atoms with E-state index in [1.54, 1.807) is 7.11 Å². The second-order valence-electron chi connectivity index (χ2n) is 4.25. The largest absolute Gasteiger partial charge is 0.496 e. The first-order valence-electron chi connectivity index (χ1n) is 5.76. The second kappa shape index (κ2) is 6.42. The molecule has 0 N–H and O–H groups in total. The van der Waals surface area contributed by atoms with E-state index in [0.29, 0.717) is 0 Å². The Balaban J connectivity index is 2.51. The zero-order valence-electron chi connectivity index (χ0n) is 10.6. The minimum absolute atomic E-state index is 0.0949. The van der Waals surface area contributed by atoms with Crippen LogP contribution in [0.5, 0.6) is 5.75 Å². The summed E-state index contributed by atoms with van der Waals surface area (Å²) in [6.07, 6.45) is 0. The molecule has 0 aromatic heterocycles. The number of aryl methyl sites for hydroxylation is 1. The molecule has 100 valence electrons. The van der Waals surface area contributed by atoms with Gasteiger partial charge in [-0.1, -0.05) is 53.9 Å². The van der Waals surface area contributed by atoms with Crippen molar-refractivity contribution in [2.24, 2.45) is 0 Å². The molecule has 1 nitrogen and oxygen atoms in total. The lowest BCUT2D eigenvalue weighted by molar-refractivity contribution is 0.410. The van der Waals surface area contributed by atoms with Gasteiger partial charge in [-0.25, -0.2) is 0 Å². The minimum Gasteiger partial charge on any atom is -0.496 e. The maximum atomic E-state index is 5.45. The number of ether oxygens (including phenoxy) is 1. The molecule has 0 amide bonds. The van der Waals surface area contributed by atoms with Crippen LogP contribution < -0.4 is 4.74 Å². The molecule has 0 aliphatic rings. The van der Waals surface area contributed by atoms with Gasteiger partial charge in [-0.05, 0) is 48.4 Å². The molecule has 0 heterocycles. The Morgan fingerprint density at radius 2 is 1.53 bits per heavy atom. The first-order chi connectivity index (χ1) is 9.02. The first kappa shape index (κ1) is 15.1. The molecule has 2 rings (SSSR count). The second-order valence-corrected chi connectivity index (χ2v) is 7.00. The molecule has 0 bridgehead atoms. The van der Waals surface area contributed by atoms with Crippen LogP contribution in [-0.4, -0.2) is 7.11 Å². The van der Waals surface area contributed by atoms with Crippen LogP contribution in [0.25, 0.3) is 0 Å². The molecule has 0 aliphatic heterocycles.